The molecule has 0 saturated carbocycles. The SMILES string of the molecule is C=CC[C@H](N)c1cc(C)ccc1Br. The number of nitrogens with two attached hydrogens (primary N) is 1. The van der Waals surface area contributed by atoms with Gasteiger partial charge < -0.3 is 5.73 Å². The van der Waals surface area contributed by atoms with Crippen LogP contribution in [-0.4, -0.2) is 0 Å². The van der Waals surface area contributed by atoms with Crippen molar-refractivity contribution < 1.29 is 0 Å². The van der Waals surface area contributed by atoms with Gasteiger partial charge in [0, 0.05) is 10.5 Å². The molecule has 70 valence electrons. The normalized spacial score (nSPS) is 12.5. The Balaban J connectivity index is 2.97. The van der Waals surface area contributed by atoms with Crippen LogP contribution in [0.1, 0.15) is 23.6 Å². The van der Waals surface area contributed by atoms with Gasteiger partial charge in [0.25, 0.3) is 0 Å². The number of halogens is 1. The molecule has 0 saturated heterocycles. The molecule has 0 heterocycles. The standard InChI is InChI=1S/C11H14BrN/c1-3-4-11(13)9-7-8(2)5-6-10(9)12/h3,5-7,11H,1,4,13H2,2H3/t11-/m0/s1. The second-order valence-corrected chi connectivity index (χ2v) is 4.01. The maximum atomic E-state index is 5.97. The quantitative estimate of drug-likeness (QED) is 0.805. The van der Waals surface area contributed by atoms with Crippen molar-refractivity contribution in [3.63, 3.8) is 0 Å². The van der Waals surface area contributed by atoms with Gasteiger partial charge in [-0.3, -0.25) is 0 Å². The molecular formula is C11H14BrN. The molecule has 0 aliphatic carbocycles. The largest absolute Gasteiger partial charge is 0.324 e. The van der Waals surface area contributed by atoms with Crippen LogP contribution in [0.4, 0.5) is 0 Å². The summed E-state index contributed by atoms with van der Waals surface area (Å²) in [5, 5.41) is 0. The van der Waals surface area contributed by atoms with Gasteiger partial charge in [0.15, 0.2) is 0 Å². The van der Waals surface area contributed by atoms with Crippen LogP contribution in [0, 0.1) is 6.92 Å². The average Bonchev–Trinajstić information content (AvgIpc) is 2.09. The molecule has 0 aliphatic rings. The summed E-state index contributed by atoms with van der Waals surface area (Å²) in [6.45, 7) is 5.75. The monoisotopic (exact) mass is 239 g/mol. The molecule has 2 N–H and O–H groups in total. The maximum absolute atomic E-state index is 5.97. The molecular weight excluding hydrogens is 226 g/mol. The summed E-state index contributed by atoms with van der Waals surface area (Å²) in [6, 6.07) is 6.26. The molecule has 0 aliphatic heterocycles. The van der Waals surface area contributed by atoms with E-state index in [0.717, 1.165) is 16.5 Å². The van der Waals surface area contributed by atoms with Gasteiger partial charge in [0.1, 0.15) is 0 Å². The molecule has 1 atom stereocenters. The first kappa shape index (κ1) is 10.5. The average molecular weight is 240 g/mol. The van der Waals surface area contributed by atoms with Crippen LogP contribution >= 0.6 is 15.9 Å². The highest BCUT2D eigenvalue weighted by Gasteiger charge is 2.07. The van der Waals surface area contributed by atoms with E-state index in [1.165, 1.54) is 5.56 Å². The lowest BCUT2D eigenvalue weighted by Crippen LogP contribution is -2.09. The fourth-order valence-corrected chi connectivity index (χ4v) is 1.79. The third kappa shape index (κ3) is 2.68. The molecule has 0 spiro atoms. The second-order valence-electron chi connectivity index (χ2n) is 3.16. The fraction of sp³-hybridized carbons (Fsp3) is 0.273. The molecule has 1 aromatic carbocycles. The topological polar surface area (TPSA) is 26.0 Å². The van der Waals surface area contributed by atoms with Gasteiger partial charge in [0.2, 0.25) is 0 Å². The van der Waals surface area contributed by atoms with E-state index >= 15 is 0 Å². The Morgan fingerprint density at radius 1 is 1.62 bits per heavy atom. The first-order chi connectivity index (χ1) is 6.15. The van der Waals surface area contributed by atoms with Crippen molar-refractivity contribution in [3.05, 3.63) is 46.5 Å². The van der Waals surface area contributed by atoms with Crippen LogP contribution in [0.2, 0.25) is 0 Å². The van der Waals surface area contributed by atoms with Crippen LogP contribution in [0.5, 0.6) is 0 Å². The van der Waals surface area contributed by atoms with E-state index in [1.807, 2.05) is 12.1 Å². The summed E-state index contributed by atoms with van der Waals surface area (Å²) < 4.78 is 1.08. The second kappa shape index (κ2) is 4.58. The minimum Gasteiger partial charge on any atom is -0.324 e. The Morgan fingerprint density at radius 2 is 2.31 bits per heavy atom. The third-order valence-corrected chi connectivity index (χ3v) is 2.69. The minimum absolute atomic E-state index is 0.0479. The zero-order chi connectivity index (χ0) is 9.84. The lowest BCUT2D eigenvalue weighted by Gasteiger charge is -2.12. The van der Waals surface area contributed by atoms with Crippen molar-refractivity contribution in [1.29, 1.82) is 0 Å². The number of rotatable bonds is 3. The number of hydrogen-bond donors (Lipinski definition) is 1. The molecule has 1 aromatic rings. The van der Waals surface area contributed by atoms with Crippen molar-refractivity contribution >= 4 is 15.9 Å². The molecule has 0 unspecified atom stereocenters. The van der Waals surface area contributed by atoms with Crippen molar-refractivity contribution in [2.75, 3.05) is 0 Å². The van der Waals surface area contributed by atoms with Gasteiger partial charge in [-0.25, -0.2) is 0 Å². The van der Waals surface area contributed by atoms with E-state index < -0.39 is 0 Å². The van der Waals surface area contributed by atoms with Crippen molar-refractivity contribution in [1.82, 2.24) is 0 Å². The number of hydrogen-bond acceptors (Lipinski definition) is 1. The molecule has 0 radical (unpaired) electrons. The Morgan fingerprint density at radius 3 is 2.92 bits per heavy atom. The van der Waals surface area contributed by atoms with Crippen LogP contribution in [0.3, 0.4) is 0 Å². The van der Waals surface area contributed by atoms with Crippen molar-refractivity contribution in [2.45, 2.75) is 19.4 Å². The van der Waals surface area contributed by atoms with Gasteiger partial charge in [-0.2, -0.15) is 0 Å². The van der Waals surface area contributed by atoms with Gasteiger partial charge in [0.05, 0.1) is 0 Å². The molecule has 0 bridgehead atoms. The van der Waals surface area contributed by atoms with E-state index in [4.69, 9.17) is 5.73 Å². The molecule has 0 aromatic heterocycles. The van der Waals surface area contributed by atoms with Crippen LogP contribution in [-0.2, 0) is 0 Å². The lowest BCUT2D eigenvalue weighted by atomic mass is 10.0. The zero-order valence-corrected chi connectivity index (χ0v) is 9.34. The summed E-state index contributed by atoms with van der Waals surface area (Å²) in [7, 11) is 0. The molecule has 2 heteroatoms. The summed E-state index contributed by atoms with van der Waals surface area (Å²) in [6.07, 6.45) is 2.65. The highest BCUT2D eigenvalue weighted by atomic mass is 79.9. The minimum atomic E-state index is 0.0479. The van der Waals surface area contributed by atoms with Crippen molar-refractivity contribution in [3.8, 4) is 0 Å². The van der Waals surface area contributed by atoms with Crippen LogP contribution < -0.4 is 5.73 Å². The Bertz CT molecular complexity index is 307. The first-order valence-corrected chi connectivity index (χ1v) is 5.07. The number of benzene rings is 1. The Labute approximate surface area is 87.8 Å². The summed E-state index contributed by atoms with van der Waals surface area (Å²) in [5.41, 5.74) is 8.36. The third-order valence-electron chi connectivity index (χ3n) is 1.97. The fourth-order valence-electron chi connectivity index (χ4n) is 1.25. The Hall–Kier alpha value is -0.600. The summed E-state index contributed by atoms with van der Waals surface area (Å²) >= 11 is 3.49. The van der Waals surface area contributed by atoms with Gasteiger partial charge >= 0.3 is 0 Å². The Kier molecular flexibility index (Phi) is 3.70. The predicted octanol–water partition coefficient (Wildman–Crippen LogP) is 3.33. The van der Waals surface area contributed by atoms with E-state index in [1.54, 1.807) is 0 Å². The van der Waals surface area contributed by atoms with Gasteiger partial charge in [-0.1, -0.05) is 39.7 Å². The molecule has 0 amide bonds. The van der Waals surface area contributed by atoms with E-state index in [9.17, 15) is 0 Å². The smallest absolute Gasteiger partial charge is 0.0341 e. The maximum Gasteiger partial charge on any atom is 0.0341 e. The molecule has 13 heavy (non-hydrogen) atoms. The van der Waals surface area contributed by atoms with E-state index in [2.05, 4.69) is 41.6 Å². The zero-order valence-electron chi connectivity index (χ0n) is 7.76. The van der Waals surface area contributed by atoms with Crippen LogP contribution in [0.25, 0.3) is 0 Å². The summed E-state index contributed by atoms with van der Waals surface area (Å²) in [4.78, 5) is 0. The molecule has 1 nitrogen and oxygen atoms in total. The van der Waals surface area contributed by atoms with Gasteiger partial charge in [-0.15, -0.1) is 6.58 Å². The lowest BCUT2D eigenvalue weighted by molar-refractivity contribution is 0.737. The highest BCUT2D eigenvalue weighted by Crippen LogP contribution is 2.25. The van der Waals surface area contributed by atoms with Gasteiger partial charge in [-0.05, 0) is 25.0 Å². The van der Waals surface area contributed by atoms with Crippen molar-refractivity contribution in [2.24, 2.45) is 5.73 Å². The first-order valence-electron chi connectivity index (χ1n) is 4.27. The molecule has 1 rings (SSSR count). The van der Waals surface area contributed by atoms with E-state index in [-0.39, 0.29) is 6.04 Å². The van der Waals surface area contributed by atoms with E-state index in [0.29, 0.717) is 0 Å². The van der Waals surface area contributed by atoms with Crippen LogP contribution in [0.15, 0.2) is 35.3 Å². The summed E-state index contributed by atoms with van der Waals surface area (Å²) in [5.74, 6) is 0. The highest BCUT2D eigenvalue weighted by molar-refractivity contribution is 9.10. The number of aryl methyl sites for hydroxylation is 1. The predicted molar refractivity (Wildman–Crippen MR) is 60.6 cm³/mol. The molecule has 0 fully saturated rings.